The molecule has 0 radical (unpaired) electrons. The zero-order valence-electron chi connectivity index (χ0n) is 11.1. The van der Waals surface area contributed by atoms with E-state index in [1.807, 2.05) is 6.07 Å². The summed E-state index contributed by atoms with van der Waals surface area (Å²) in [5.74, 6) is 0. The van der Waals surface area contributed by atoms with E-state index in [0.717, 1.165) is 25.9 Å². The smallest absolute Gasteiger partial charge is 0.242 e. The maximum absolute atomic E-state index is 12.0. The molecule has 0 saturated carbocycles. The molecule has 2 heterocycles. The van der Waals surface area contributed by atoms with Crippen LogP contribution in [0.2, 0.25) is 0 Å². The maximum atomic E-state index is 12.0. The van der Waals surface area contributed by atoms with Gasteiger partial charge >= 0.3 is 0 Å². The van der Waals surface area contributed by atoms with E-state index in [2.05, 4.69) is 9.71 Å². The van der Waals surface area contributed by atoms with Crippen LogP contribution in [-0.2, 0) is 14.8 Å². The van der Waals surface area contributed by atoms with E-state index in [1.165, 1.54) is 18.3 Å². The quantitative estimate of drug-likeness (QED) is 0.881. The molecule has 1 aliphatic rings. The Morgan fingerprint density at radius 1 is 1.45 bits per heavy atom. The van der Waals surface area contributed by atoms with Gasteiger partial charge in [0.15, 0.2) is 0 Å². The summed E-state index contributed by atoms with van der Waals surface area (Å²) in [5.41, 5.74) is 0.194. The molecule has 1 saturated heterocycles. The average molecular weight is 295 g/mol. The van der Waals surface area contributed by atoms with Crippen LogP contribution in [0.15, 0.2) is 23.2 Å². The minimum absolute atomic E-state index is 0.0704. The molecule has 1 aliphatic heterocycles. The van der Waals surface area contributed by atoms with Crippen molar-refractivity contribution in [1.82, 2.24) is 9.71 Å². The molecule has 6 nitrogen and oxygen atoms in total. The van der Waals surface area contributed by atoms with Crippen LogP contribution in [-0.4, -0.2) is 32.7 Å². The van der Waals surface area contributed by atoms with E-state index in [1.54, 1.807) is 0 Å². The second-order valence-corrected chi connectivity index (χ2v) is 6.43. The Balaban J connectivity index is 1.88. The summed E-state index contributed by atoms with van der Waals surface area (Å²) in [4.78, 5) is 3.83. The third-order valence-electron chi connectivity index (χ3n) is 3.19. The summed E-state index contributed by atoms with van der Waals surface area (Å²) < 4.78 is 32.1. The van der Waals surface area contributed by atoms with Gasteiger partial charge in [-0.25, -0.2) is 18.1 Å². The average Bonchev–Trinajstić information content (AvgIpc) is 2.48. The molecule has 0 amide bonds. The van der Waals surface area contributed by atoms with Crippen LogP contribution in [0.5, 0.6) is 0 Å². The molecule has 0 aliphatic carbocycles. The Kier molecular flexibility index (Phi) is 5.06. The number of ether oxygens (including phenoxy) is 1. The number of pyridine rings is 1. The summed E-state index contributed by atoms with van der Waals surface area (Å²) >= 11 is 0. The van der Waals surface area contributed by atoms with E-state index in [4.69, 9.17) is 10.00 Å². The first-order valence-corrected chi connectivity index (χ1v) is 8.07. The van der Waals surface area contributed by atoms with Gasteiger partial charge in [-0.3, -0.25) is 0 Å². The monoisotopic (exact) mass is 295 g/mol. The first kappa shape index (κ1) is 14.9. The van der Waals surface area contributed by atoms with Crippen molar-refractivity contribution in [3.8, 4) is 6.07 Å². The minimum Gasteiger partial charge on any atom is -0.378 e. The van der Waals surface area contributed by atoms with Crippen molar-refractivity contribution in [2.75, 3.05) is 13.2 Å². The lowest BCUT2D eigenvalue weighted by atomic mass is 10.1. The summed E-state index contributed by atoms with van der Waals surface area (Å²) in [6.45, 7) is 1.10. The number of hydrogen-bond acceptors (Lipinski definition) is 5. The highest BCUT2D eigenvalue weighted by atomic mass is 32.2. The van der Waals surface area contributed by atoms with Crippen LogP contribution in [0, 0.1) is 11.3 Å². The van der Waals surface area contributed by atoms with Gasteiger partial charge in [0.05, 0.1) is 6.10 Å². The number of nitrogens with zero attached hydrogens (tertiary/aromatic N) is 2. The Hall–Kier alpha value is -1.49. The van der Waals surface area contributed by atoms with E-state index in [0.29, 0.717) is 13.0 Å². The Morgan fingerprint density at radius 3 is 2.90 bits per heavy atom. The predicted octanol–water partition coefficient (Wildman–Crippen LogP) is 1.19. The Labute approximate surface area is 118 Å². The van der Waals surface area contributed by atoms with Crippen molar-refractivity contribution in [1.29, 1.82) is 5.26 Å². The normalized spacial score (nSPS) is 19.4. The van der Waals surface area contributed by atoms with Gasteiger partial charge in [-0.05, 0) is 37.8 Å². The van der Waals surface area contributed by atoms with Crippen molar-refractivity contribution in [2.24, 2.45) is 0 Å². The zero-order valence-corrected chi connectivity index (χ0v) is 11.9. The highest BCUT2D eigenvalue weighted by Gasteiger charge is 2.17. The van der Waals surface area contributed by atoms with Gasteiger partial charge in [0.1, 0.15) is 16.7 Å². The van der Waals surface area contributed by atoms with Crippen molar-refractivity contribution in [3.63, 3.8) is 0 Å². The molecule has 1 fully saturated rings. The first-order valence-electron chi connectivity index (χ1n) is 6.59. The highest BCUT2D eigenvalue weighted by molar-refractivity contribution is 7.89. The van der Waals surface area contributed by atoms with Gasteiger partial charge in [0.25, 0.3) is 0 Å². The number of aromatic nitrogens is 1. The summed E-state index contributed by atoms with van der Waals surface area (Å²) in [6.07, 6.45) is 5.21. The van der Waals surface area contributed by atoms with Crippen molar-refractivity contribution in [2.45, 2.75) is 36.7 Å². The fraction of sp³-hybridized carbons (Fsp3) is 0.538. The molecule has 2 rings (SSSR count). The Morgan fingerprint density at radius 2 is 2.30 bits per heavy atom. The van der Waals surface area contributed by atoms with Crippen LogP contribution < -0.4 is 4.72 Å². The molecule has 1 aromatic heterocycles. The first-order chi connectivity index (χ1) is 9.62. The molecular formula is C13H17N3O3S. The van der Waals surface area contributed by atoms with Gasteiger partial charge in [-0.2, -0.15) is 5.26 Å². The van der Waals surface area contributed by atoms with E-state index >= 15 is 0 Å². The molecule has 108 valence electrons. The van der Waals surface area contributed by atoms with Gasteiger partial charge in [0, 0.05) is 19.3 Å². The van der Waals surface area contributed by atoms with E-state index in [9.17, 15) is 8.42 Å². The molecule has 0 aromatic carbocycles. The summed E-state index contributed by atoms with van der Waals surface area (Å²) in [6, 6.07) is 4.62. The fourth-order valence-electron chi connectivity index (χ4n) is 2.08. The highest BCUT2D eigenvalue weighted by Crippen LogP contribution is 2.15. The minimum atomic E-state index is -3.56. The van der Waals surface area contributed by atoms with Gasteiger partial charge in [-0.1, -0.05) is 0 Å². The SMILES string of the molecule is N#Cc1ccc(S(=O)(=O)NCCC2CCCCO2)cn1. The van der Waals surface area contributed by atoms with Crippen molar-refractivity contribution < 1.29 is 13.2 Å². The lowest BCUT2D eigenvalue weighted by Gasteiger charge is -2.22. The molecule has 1 atom stereocenters. The largest absolute Gasteiger partial charge is 0.378 e. The fourth-order valence-corrected chi connectivity index (χ4v) is 3.07. The molecule has 1 aromatic rings. The second kappa shape index (κ2) is 6.79. The standard InChI is InChI=1S/C13H17N3O3S/c14-9-11-4-5-13(10-15-11)20(17,18)16-7-6-12-3-1-2-8-19-12/h4-5,10,12,16H,1-3,6-8H2. The van der Waals surface area contributed by atoms with E-state index < -0.39 is 10.0 Å². The van der Waals surface area contributed by atoms with Gasteiger partial charge < -0.3 is 4.74 Å². The zero-order chi connectivity index (χ0) is 14.4. The van der Waals surface area contributed by atoms with Crippen LogP contribution in [0.4, 0.5) is 0 Å². The van der Waals surface area contributed by atoms with Crippen molar-refractivity contribution >= 4 is 10.0 Å². The van der Waals surface area contributed by atoms with Gasteiger partial charge in [0.2, 0.25) is 10.0 Å². The molecule has 1 N–H and O–H groups in total. The second-order valence-electron chi connectivity index (χ2n) is 4.67. The number of nitrogens with one attached hydrogen (secondary N) is 1. The maximum Gasteiger partial charge on any atom is 0.242 e. The third kappa shape index (κ3) is 4.00. The van der Waals surface area contributed by atoms with E-state index in [-0.39, 0.29) is 16.7 Å². The van der Waals surface area contributed by atoms with Crippen molar-refractivity contribution in [3.05, 3.63) is 24.0 Å². The molecule has 0 spiro atoms. The summed E-state index contributed by atoms with van der Waals surface area (Å²) in [5, 5.41) is 8.63. The topological polar surface area (TPSA) is 92.1 Å². The van der Waals surface area contributed by atoms with Crippen LogP contribution >= 0.6 is 0 Å². The number of rotatable bonds is 5. The number of nitriles is 1. The van der Waals surface area contributed by atoms with Crippen LogP contribution in [0.1, 0.15) is 31.4 Å². The van der Waals surface area contributed by atoms with Gasteiger partial charge in [-0.15, -0.1) is 0 Å². The summed E-state index contributed by atoms with van der Waals surface area (Å²) in [7, 11) is -3.56. The lowest BCUT2D eigenvalue weighted by molar-refractivity contribution is 0.0123. The molecule has 0 bridgehead atoms. The molecule has 7 heteroatoms. The molecule has 1 unspecified atom stereocenters. The predicted molar refractivity (Wildman–Crippen MR) is 72.3 cm³/mol. The lowest BCUT2D eigenvalue weighted by Crippen LogP contribution is -2.29. The van der Waals surface area contributed by atoms with Crippen LogP contribution in [0.3, 0.4) is 0 Å². The Bertz CT molecular complexity index is 572. The third-order valence-corrected chi connectivity index (χ3v) is 4.64. The number of sulfonamides is 1. The molecular weight excluding hydrogens is 278 g/mol. The van der Waals surface area contributed by atoms with Crippen LogP contribution in [0.25, 0.3) is 0 Å². The molecule has 20 heavy (non-hydrogen) atoms. The number of hydrogen-bond donors (Lipinski definition) is 1.